The van der Waals surface area contributed by atoms with Crippen molar-refractivity contribution < 1.29 is 24.2 Å². The van der Waals surface area contributed by atoms with Crippen LogP contribution >= 0.6 is 0 Å². The van der Waals surface area contributed by atoms with E-state index in [1.54, 1.807) is 18.2 Å². The van der Waals surface area contributed by atoms with Crippen molar-refractivity contribution in [3.8, 4) is 11.5 Å². The Labute approximate surface area is 143 Å². The Morgan fingerprint density at radius 1 is 1.17 bits per heavy atom. The maximum atomic E-state index is 12.2. The molecule has 2 atom stereocenters. The second-order valence-corrected chi connectivity index (χ2v) is 5.93. The molecule has 6 heteroatoms. The van der Waals surface area contributed by atoms with E-state index in [1.165, 1.54) is 14.2 Å². The molecule has 2 unspecified atom stereocenters. The van der Waals surface area contributed by atoms with Crippen molar-refractivity contribution in [2.75, 3.05) is 14.2 Å². The summed E-state index contributed by atoms with van der Waals surface area (Å²) < 4.78 is 10.4. The predicted octanol–water partition coefficient (Wildman–Crippen LogP) is 3.16. The fourth-order valence-electron chi connectivity index (χ4n) is 2.66. The van der Waals surface area contributed by atoms with Crippen LogP contribution in [0, 0.1) is 5.92 Å². The summed E-state index contributed by atoms with van der Waals surface area (Å²) in [6.07, 6.45) is 2.18. The molecule has 0 radical (unpaired) electrons. The number of nitrogens with one attached hydrogen (secondary N) is 1. The van der Waals surface area contributed by atoms with Crippen molar-refractivity contribution >= 4 is 11.9 Å². The van der Waals surface area contributed by atoms with Crippen LogP contribution in [-0.4, -0.2) is 31.2 Å². The van der Waals surface area contributed by atoms with Crippen molar-refractivity contribution in [2.45, 2.75) is 45.6 Å². The molecule has 134 valence electrons. The average molecular weight is 337 g/mol. The number of amides is 1. The van der Waals surface area contributed by atoms with Crippen molar-refractivity contribution in [1.29, 1.82) is 0 Å². The summed E-state index contributed by atoms with van der Waals surface area (Å²) in [7, 11) is 3.04. The molecule has 0 aliphatic heterocycles. The van der Waals surface area contributed by atoms with Gasteiger partial charge in [0.25, 0.3) is 0 Å². The van der Waals surface area contributed by atoms with Gasteiger partial charge in [-0.05, 0) is 23.6 Å². The van der Waals surface area contributed by atoms with Crippen molar-refractivity contribution in [1.82, 2.24) is 5.32 Å². The highest BCUT2D eigenvalue weighted by atomic mass is 16.5. The molecule has 0 bridgehead atoms. The number of carboxylic acid groups (broad SMARTS) is 1. The first kappa shape index (κ1) is 19.8. The van der Waals surface area contributed by atoms with E-state index < -0.39 is 12.0 Å². The second kappa shape index (κ2) is 9.80. The lowest BCUT2D eigenvalue weighted by atomic mass is 9.99. The summed E-state index contributed by atoms with van der Waals surface area (Å²) in [5.74, 6) is 0.205. The Morgan fingerprint density at radius 2 is 1.83 bits per heavy atom. The first-order valence-electron chi connectivity index (χ1n) is 8.14. The zero-order chi connectivity index (χ0) is 18.1. The SMILES string of the molecule is CCCC(C)CC(=O)NC(CC(=O)O)c1ccc(OC)c(OC)c1. The van der Waals surface area contributed by atoms with E-state index in [9.17, 15) is 9.59 Å². The number of ether oxygens (including phenoxy) is 2. The Bertz CT molecular complexity index is 558. The van der Waals surface area contributed by atoms with Crippen molar-refractivity contribution in [3.63, 3.8) is 0 Å². The molecule has 0 fully saturated rings. The van der Waals surface area contributed by atoms with Gasteiger partial charge in [-0.3, -0.25) is 9.59 Å². The minimum atomic E-state index is -0.975. The normalized spacial score (nSPS) is 13.0. The highest BCUT2D eigenvalue weighted by Crippen LogP contribution is 2.31. The molecule has 24 heavy (non-hydrogen) atoms. The van der Waals surface area contributed by atoms with E-state index in [0.717, 1.165) is 12.8 Å². The summed E-state index contributed by atoms with van der Waals surface area (Å²) in [5, 5.41) is 12.0. The Balaban J connectivity index is 2.92. The second-order valence-electron chi connectivity index (χ2n) is 5.93. The van der Waals surface area contributed by atoms with Gasteiger partial charge < -0.3 is 19.9 Å². The zero-order valence-electron chi connectivity index (χ0n) is 14.8. The van der Waals surface area contributed by atoms with Crippen LogP contribution < -0.4 is 14.8 Å². The van der Waals surface area contributed by atoms with Gasteiger partial charge in [0.1, 0.15) is 0 Å². The van der Waals surface area contributed by atoms with Crippen LogP contribution in [0.4, 0.5) is 0 Å². The number of rotatable bonds is 10. The number of carbonyl (C=O) groups is 2. The number of methoxy groups -OCH3 is 2. The molecule has 0 spiro atoms. The Morgan fingerprint density at radius 3 is 2.38 bits per heavy atom. The zero-order valence-corrected chi connectivity index (χ0v) is 14.8. The average Bonchev–Trinajstić information content (AvgIpc) is 2.53. The fourth-order valence-corrected chi connectivity index (χ4v) is 2.66. The van der Waals surface area contributed by atoms with E-state index in [0.29, 0.717) is 23.5 Å². The largest absolute Gasteiger partial charge is 0.493 e. The third kappa shape index (κ3) is 6.10. The Kier molecular flexibility index (Phi) is 8.09. The van der Waals surface area contributed by atoms with Crippen LogP contribution in [0.5, 0.6) is 11.5 Å². The van der Waals surface area contributed by atoms with E-state index >= 15 is 0 Å². The summed E-state index contributed by atoms with van der Waals surface area (Å²) in [5.41, 5.74) is 0.673. The number of hydrogen-bond donors (Lipinski definition) is 2. The molecule has 1 amide bonds. The number of carboxylic acids is 1. The van der Waals surface area contributed by atoms with Gasteiger partial charge >= 0.3 is 5.97 Å². The van der Waals surface area contributed by atoms with E-state index in [1.807, 2.05) is 6.92 Å². The minimum absolute atomic E-state index is 0.142. The number of benzene rings is 1. The van der Waals surface area contributed by atoms with Crippen LogP contribution in [0.25, 0.3) is 0 Å². The van der Waals surface area contributed by atoms with Gasteiger partial charge in [-0.15, -0.1) is 0 Å². The molecule has 0 saturated heterocycles. The fraction of sp³-hybridized carbons (Fsp3) is 0.556. The molecule has 0 aliphatic carbocycles. The van der Waals surface area contributed by atoms with Crippen LogP contribution in [0.2, 0.25) is 0 Å². The first-order chi connectivity index (χ1) is 11.4. The maximum Gasteiger partial charge on any atom is 0.305 e. The van der Waals surface area contributed by atoms with Crippen LogP contribution in [0.3, 0.4) is 0 Å². The molecule has 6 nitrogen and oxygen atoms in total. The van der Waals surface area contributed by atoms with Crippen LogP contribution in [-0.2, 0) is 9.59 Å². The highest BCUT2D eigenvalue weighted by molar-refractivity contribution is 5.78. The van der Waals surface area contributed by atoms with Gasteiger partial charge in [0.2, 0.25) is 5.91 Å². The lowest BCUT2D eigenvalue weighted by Gasteiger charge is -2.20. The Hall–Kier alpha value is -2.24. The highest BCUT2D eigenvalue weighted by Gasteiger charge is 2.20. The number of aliphatic carboxylic acids is 1. The monoisotopic (exact) mass is 337 g/mol. The molecular formula is C18H27NO5. The predicted molar refractivity (Wildman–Crippen MR) is 91.4 cm³/mol. The first-order valence-corrected chi connectivity index (χ1v) is 8.14. The third-order valence-electron chi connectivity index (χ3n) is 3.84. The summed E-state index contributed by atoms with van der Waals surface area (Å²) in [6, 6.07) is 4.53. The molecule has 0 heterocycles. The maximum absolute atomic E-state index is 12.2. The molecule has 1 aromatic carbocycles. The van der Waals surface area contributed by atoms with E-state index in [4.69, 9.17) is 14.6 Å². The molecule has 1 aromatic rings. The summed E-state index contributed by atoms with van der Waals surface area (Å²) >= 11 is 0. The quantitative estimate of drug-likeness (QED) is 0.685. The minimum Gasteiger partial charge on any atom is -0.493 e. The number of carbonyl (C=O) groups excluding carboxylic acids is 1. The van der Waals surface area contributed by atoms with Gasteiger partial charge in [-0.25, -0.2) is 0 Å². The smallest absolute Gasteiger partial charge is 0.305 e. The third-order valence-corrected chi connectivity index (χ3v) is 3.84. The lowest BCUT2D eigenvalue weighted by molar-refractivity contribution is -0.137. The number of hydrogen-bond acceptors (Lipinski definition) is 4. The lowest BCUT2D eigenvalue weighted by Crippen LogP contribution is -2.31. The van der Waals surface area contributed by atoms with Gasteiger partial charge in [0.05, 0.1) is 26.7 Å². The van der Waals surface area contributed by atoms with E-state index in [-0.39, 0.29) is 18.2 Å². The standard InChI is InChI=1S/C18H27NO5/c1-5-6-12(2)9-17(20)19-14(11-18(21)22)13-7-8-15(23-3)16(10-13)24-4/h7-8,10,12,14H,5-6,9,11H2,1-4H3,(H,19,20)(H,21,22). The van der Waals surface area contributed by atoms with Crippen molar-refractivity contribution in [2.24, 2.45) is 5.92 Å². The summed E-state index contributed by atoms with van der Waals surface area (Å²) in [6.45, 7) is 4.09. The van der Waals surface area contributed by atoms with Gasteiger partial charge in [-0.1, -0.05) is 32.8 Å². The van der Waals surface area contributed by atoms with Gasteiger partial charge in [-0.2, -0.15) is 0 Å². The van der Waals surface area contributed by atoms with E-state index in [2.05, 4.69) is 12.2 Å². The van der Waals surface area contributed by atoms with Crippen molar-refractivity contribution in [3.05, 3.63) is 23.8 Å². The molecule has 0 saturated carbocycles. The molecule has 1 rings (SSSR count). The molecular weight excluding hydrogens is 310 g/mol. The molecule has 0 aromatic heterocycles. The molecule has 0 aliphatic rings. The molecule has 2 N–H and O–H groups in total. The summed E-state index contributed by atoms with van der Waals surface area (Å²) in [4.78, 5) is 23.4. The van der Waals surface area contributed by atoms with Gasteiger partial charge in [0.15, 0.2) is 11.5 Å². The topological polar surface area (TPSA) is 84.9 Å². The van der Waals surface area contributed by atoms with Crippen LogP contribution in [0.1, 0.15) is 51.1 Å². The van der Waals surface area contributed by atoms with Crippen LogP contribution in [0.15, 0.2) is 18.2 Å². The van der Waals surface area contributed by atoms with Gasteiger partial charge in [0, 0.05) is 6.42 Å².